The normalized spacial score (nSPS) is 18.8. The highest BCUT2D eigenvalue weighted by Gasteiger charge is 2.34. The molecular weight excluding hydrogens is 361 g/mol. The van der Waals surface area contributed by atoms with Crippen LogP contribution in [0.5, 0.6) is 5.75 Å². The van der Waals surface area contributed by atoms with Gasteiger partial charge in [-0.15, -0.1) is 0 Å². The summed E-state index contributed by atoms with van der Waals surface area (Å²) in [4.78, 5) is 26.0. The van der Waals surface area contributed by atoms with Crippen LogP contribution in [0.2, 0.25) is 0 Å². The van der Waals surface area contributed by atoms with Gasteiger partial charge in [0.1, 0.15) is 11.9 Å². The lowest BCUT2D eigenvalue weighted by Gasteiger charge is -2.22. The first-order chi connectivity index (χ1) is 13.3. The van der Waals surface area contributed by atoms with Crippen molar-refractivity contribution in [3.63, 3.8) is 0 Å². The first-order valence-electron chi connectivity index (χ1n) is 9.42. The molecular formula is C21H27FN3O3+. The number of nitrogens with zero attached hydrogens (tertiary/aromatic N) is 2. The summed E-state index contributed by atoms with van der Waals surface area (Å²) in [6.07, 6.45) is 1.22. The molecule has 6 nitrogen and oxygen atoms in total. The van der Waals surface area contributed by atoms with E-state index >= 15 is 0 Å². The fourth-order valence-electron chi connectivity index (χ4n) is 3.56. The average Bonchev–Trinajstić information content (AvgIpc) is 3.14. The fourth-order valence-corrected chi connectivity index (χ4v) is 3.56. The van der Waals surface area contributed by atoms with Crippen molar-refractivity contribution >= 4 is 5.91 Å². The highest BCUT2D eigenvalue weighted by molar-refractivity contribution is 5.81. The van der Waals surface area contributed by atoms with Gasteiger partial charge in [0, 0.05) is 37.3 Å². The Balaban J connectivity index is 1.80. The number of halogens is 1. The van der Waals surface area contributed by atoms with Crippen molar-refractivity contribution in [3.8, 4) is 16.9 Å². The molecule has 0 aliphatic carbocycles. The molecule has 2 aromatic rings. The van der Waals surface area contributed by atoms with Gasteiger partial charge in [-0.2, -0.15) is 0 Å². The number of amides is 1. The first-order valence-corrected chi connectivity index (χ1v) is 9.42. The van der Waals surface area contributed by atoms with Crippen molar-refractivity contribution in [1.29, 1.82) is 0 Å². The van der Waals surface area contributed by atoms with E-state index in [4.69, 9.17) is 4.74 Å². The van der Waals surface area contributed by atoms with Crippen LogP contribution in [0.3, 0.4) is 0 Å². The Morgan fingerprint density at radius 2 is 2.00 bits per heavy atom. The second-order valence-electron chi connectivity index (χ2n) is 7.39. The average molecular weight is 388 g/mol. The number of ether oxygens (including phenoxy) is 1. The van der Waals surface area contributed by atoms with Gasteiger partial charge >= 0.3 is 0 Å². The number of aromatic nitrogens is 1. The van der Waals surface area contributed by atoms with E-state index in [1.807, 2.05) is 31.2 Å². The number of carbonyl (C=O) groups is 1. The standard InChI is InChI=1S/C21H26FN3O3/c1-13(20(23)21(27)25-9-8-16(22)11-25)14-4-6-15(7-5-14)17-12-24(2)19(26)10-18(17)28-3/h4-7,10,12-13,16,20H,8-9,11,23H2,1-3H3/p+1/t13-,16-,20-/m0/s1. The van der Waals surface area contributed by atoms with E-state index in [0.29, 0.717) is 18.7 Å². The molecule has 0 saturated carbocycles. The van der Waals surface area contributed by atoms with E-state index in [0.717, 1.165) is 16.7 Å². The first kappa shape index (κ1) is 20.1. The van der Waals surface area contributed by atoms with Gasteiger partial charge < -0.3 is 19.9 Å². The van der Waals surface area contributed by atoms with Crippen LogP contribution in [0.1, 0.15) is 24.8 Å². The molecule has 2 heterocycles. The van der Waals surface area contributed by atoms with Crippen LogP contribution in [0.25, 0.3) is 11.1 Å². The van der Waals surface area contributed by atoms with E-state index < -0.39 is 12.2 Å². The molecule has 1 fully saturated rings. The number of rotatable bonds is 5. The van der Waals surface area contributed by atoms with Gasteiger partial charge in [-0.1, -0.05) is 31.2 Å². The van der Waals surface area contributed by atoms with Crippen LogP contribution in [-0.2, 0) is 11.8 Å². The molecule has 3 atom stereocenters. The lowest BCUT2D eigenvalue weighted by molar-refractivity contribution is -0.410. The Kier molecular flexibility index (Phi) is 5.84. The second-order valence-corrected chi connectivity index (χ2v) is 7.39. The zero-order chi connectivity index (χ0) is 20.4. The third-order valence-corrected chi connectivity index (χ3v) is 5.52. The lowest BCUT2D eigenvalue weighted by Crippen LogP contribution is -2.69. The topological polar surface area (TPSA) is 79.2 Å². The number of alkyl halides is 1. The summed E-state index contributed by atoms with van der Waals surface area (Å²) < 4.78 is 20.2. The molecule has 0 spiro atoms. The number of hydrogen-bond acceptors (Lipinski definition) is 3. The molecule has 150 valence electrons. The molecule has 1 aliphatic heterocycles. The summed E-state index contributed by atoms with van der Waals surface area (Å²) in [6.45, 7) is 2.59. The Labute approximate surface area is 163 Å². The molecule has 1 aromatic carbocycles. The third kappa shape index (κ3) is 3.94. The third-order valence-electron chi connectivity index (χ3n) is 5.52. The molecule has 0 bridgehead atoms. The summed E-state index contributed by atoms with van der Waals surface area (Å²) >= 11 is 0. The van der Waals surface area contributed by atoms with Gasteiger partial charge in [0.2, 0.25) is 0 Å². The molecule has 1 aromatic heterocycles. The smallest absolute Gasteiger partial charge is 0.281 e. The Morgan fingerprint density at radius 3 is 2.57 bits per heavy atom. The number of benzene rings is 1. The summed E-state index contributed by atoms with van der Waals surface area (Å²) in [7, 11) is 3.23. The number of quaternary nitrogens is 1. The Morgan fingerprint density at radius 1 is 1.32 bits per heavy atom. The second kappa shape index (κ2) is 8.14. The maximum Gasteiger partial charge on any atom is 0.281 e. The Bertz CT molecular complexity index is 910. The zero-order valence-corrected chi connectivity index (χ0v) is 16.5. The van der Waals surface area contributed by atoms with Crippen molar-refractivity contribution in [1.82, 2.24) is 9.47 Å². The number of pyridine rings is 1. The number of likely N-dealkylation sites (tertiary alicyclic amines) is 1. The molecule has 0 unspecified atom stereocenters. The monoisotopic (exact) mass is 388 g/mol. The number of methoxy groups -OCH3 is 1. The van der Waals surface area contributed by atoms with E-state index in [1.54, 1.807) is 18.1 Å². The maximum atomic E-state index is 13.4. The van der Waals surface area contributed by atoms with Crippen molar-refractivity contribution in [2.24, 2.45) is 7.05 Å². The van der Waals surface area contributed by atoms with Crippen molar-refractivity contribution < 1.29 is 19.7 Å². The summed E-state index contributed by atoms with van der Waals surface area (Å²) in [5.41, 5.74) is 6.62. The van der Waals surface area contributed by atoms with E-state index in [2.05, 4.69) is 5.73 Å². The highest BCUT2D eigenvalue weighted by Crippen LogP contribution is 2.30. The fraction of sp³-hybridized carbons (Fsp3) is 0.429. The maximum absolute atomic E-state index is 13.4. The van der Waals surface area contributed by atoms with Crippen molar-refractivity contribution in [2.75, 3.05) is 20.2 Å². The molecule has 3 N–H and O–H groups in total. The number of hydrogen-bond donors (Lipinski definition) is 1. The minimum Gasteiger partial charge on any atom is -0.496 e. The minimum absolute atomic E-state index is 0.0952. The Hall–Kier alpha value is -2.67. The largest absolute Gasteiger partial charge is 0.496 e. The molecule has 7 heteroatoms. The molecule has 0 radical (unpaired) electrons. The molecule has 1 saturated heterocycles. The van der Waals surface area contributed by atoms with Crippen LogP contribution in [0, 0.1) is 0 Å². The van der Waals surface area contributed by atoms with Crippen LogP contribution < -0.4 is 16.0 Å². The van der Waals surface area contributed by atoms with Crippen LogP contribution in [-0.4, -0.2) is 47.8 Å². The van der Waals surface area contributed by atoms with Gasteiger partial charge in [-0.25, -0.2) is 4.39 Å². The van der Waals surface area contributed by atoms with Gasteiger partial charge in [0.05, 0.1) is 13.7 Å². The van der Waals surface area contributed by atoms with E-state index in [1.165, 1.54) is 17.7 Å². The number of aryl methyl sites for hydroxylation is 1. The lowest BCUT2D eigenvalue weighted by atomic mass is 9.91. The minimum atomic E-state index is -0.928. The predicted octanol–water partition coefficient (Wildman–Crippen LogP) is 1.35. The molecule has 1 amide bonds. The van der Waals surface area contributed by atoms with Crippen LogP contribution in [0.15, 0.2) is 41.3 Å². The van der Waals surface area contributed by atoms with E-state index in [-0.39, 0.29) is 23.9 Å². The van der Waals surface area contributed by atoms with E-state index in [9.17, 15) is 14.0 Å². The van der Waals surface area contributed by atoms with Gasteiger partial charge in [-0.05, 0) is 17.5 Å². The van der Waals surface area contributed by atoms with Crippen molar-refractivity contribution in [3.05, 3.63) is 52.4 Å². The van der Waals surface area contributed by atoms with Crippen LogP contribution >= 0.6 is 0 Å². The zero-order valence-electron chi connectivity index (χ0n) is 16.5. The number of carbonyl (C=O) groups excluding carboxylic acids is 1. The van der Waals surface area contributed by atoms with Gasteiger partial charge in [0.25, 0.3) is 11.5 Å². The summed E-state index contributed by atoms with van der Waals surface area (Å²) in [5.74, 6) is 0.322. The summed E-state index contributed by atoms with van der Waals surface area (Å²) in [5, 5.41) is 0. The predicted molar refractivity (Wildman–Crippen MR) is 105 cm³/mol. The molecule has 3 rings (SSSR count). The molecule has 28 heavy (non-hydrogen) atoms. The highest BCUT2D eigenvalue weighted by atomic mass is 19.1. The van der Waals surface area contributed by atoms with Gasteiger partial charge in [-0.3, -0.25) is 9.59 Å². The van der Waals surface area contributed by atoms with Crippen LogP contribution in [0.4, 0.5) is 4.39 Å². The SMILES string of the molecule is COc1cc(=O)n(C)cc1-c1ccc([C@H](C)[C@H]([NH3+])C(=O)N2CC[C@H](F)C2)cc1. The quantitative estimate of drug-likeness (QED) is 0.840. The molecule has 1 aliphatic rings. The van der Waals surface area contributed by atoms with Gasteiger partial charge in [0.15, 0.2) is 6.04 Å². The summed E-state index contributed by atoms with van der Waals surface area (Å²) in [6, 6.07) is 8.79. The van der Waals surface area contributed by atoms with Crippen molar-refractivity contribution in [2.45, 2.75) is 31.5 Å².